The zero-order valence-corrected chi connectivity index (χ0v) is 33.1. The van der Waals surface area contributed by atoms with Crippen LogP contribution in [0.4, 0.5) is 0 Å². The molecule has 0 aromatic carbocycles. The third-order valence-electron chi connectivity index (χ3n) is 9.90. The molecule has 0 N–H and O–H groups in total. The highest BCUT2D eigenvalue weighted by Gasteiger charge is 2.19. The van der Waals surface area contributed by atoms with Gasteiger partial charge in [-0.05, 0) is 25.2 Å². The average molecular weight is 695 g/mol. The Balaban J connectivity index is 4.34. The van der Waals surface area contributed by atoms with E-state index in [1.807, 2.05) is 0 Å². The summed E-state index contributed by atoms with van der Waals surface area (Å²) in [5.74, 6) is -0.0538. The molecule has 0 rings (SSSR count). The summed E-state index contributed by atoms with van der Waals surface area (Å²) in [6.07, 6.45) is 35.1. The smallest absolute Gasteiger partial charge is 0.306 e. The second-order valence-corrected chi connectivity index (χ2v) is 14.9. The van der Waals surface area contributed by atoms with Gasteiger partial charge in [0.25, 0.3) is 0 Å². The summed E-state index contributed by atoms with van der Waals surface area (Å²) in [5.41, 5.74) is 0. The third-order valence-corrected chi connectivity index (χ3v) is 9.90. The van der Waals surface area contributed by atoms with Crippen LogP contribution in [-0.2, 0) is 28.6 Å². The average Bonchev–Trinajstić information content (AvgIpc) is 3.10. The Morgan fingerprint density at radius 3 is 1.06 bits per heavy atom. The molecule has 0 aliphatic rings. The van der Waals surface area contributed by atoms with E-state index in [1.54, 1.807) is 0 Å². The molecule has 0 spiro atoms. The first kappa shape index (κ1) is 47.4. The monoisotopic (exact) mass is 695 g/mol. The van der Waals surface area contributed by atoms with Crippen LogP contribution in [0.1, 0.15) is 233 Å². The molecule has 0 radical (unpaired) electrons. The van der Waals surface area contributed by atoms with Gasteiger partial charge >= 0.3 is 17.9 Å². The van der Waals surface area contributed by atoms with E-state index in [0.29, 0.717) is 19.3 Å². The van der Waals surface area contributed by atoms with Gasteiger partial charge in [0.1, 0.15) is 13.2 Å². The van der Waals surface area contributed by atoms with Crippen molar-refractivity contribution >= 4 is 17.9 Å². The number of carbonyl (C=O) groups excluding carboxylic acids is 3. The second-order valence-electron chi connectivity index (χ2n) is 14.9. The van der Waals surface area contributed by atoms with Crippen LogP contribution in [0.25, 0.3) is 0 Å². The van der Waals surface area contributed by atoms with Crippen molar-refractivity contribution in [3.8, 4) is 0 Å². The molecule has 0 heterocycles. The largest absolute Gasteiger partial charge is 0.462 e. The minimum atomic E-state index is -0.758. The van der Waals surface area contributed by atoms with Crippen LogP contribution in [0.5, 0.6) is 0 Å². The molecule has 6 nitrogen and oxygen atoms in total. The van der Waals surface area contributed by atoms with Crippen molar-refractivity contribution in [1.82, 2.24) is 0 Å². The number of hydrogen-bond donors (Lipinski definition) is 0. The van der Waals surface area contributed by atoms with E-state index in [-0.39, 0.29) is 31.1 Å². The van der Waals surface area contributed by atoms with Gasteiger partial charge in [-0.1, -0.05) is 195 Å². The summed E-state index contributed by atoms with van der Waals surface area (Å²) in [7, 11) is 0. The van der Waals surface area contributed by atoms with E-state index in [9.17, 15) is 14.4 Å². The molecule has 0 aliphatic heterocycles. The minimum Gasteiger partial charge on any atom is -0.462 e. The highest BCUT2D eigenvalue weighted by atomic mass is 16.6. The predicted molar refractivity (Wildman–Crippen MR) is 206 cm³/mol. The van der Waals surface area contributed by atoms with Gasteiger partial charge in [0, 0.05) is 19.3 Å². The normalized spacial score (nSPS) is 12.5. The van der Waals surface area contributed by atoms with Gasteiger partial charge in [-0.3, -0.25) is 14.4 Å². The molecule has 0 fully saturated rings. The Morgan fingerprint density at radius 1 is 0.408 bits per heavy atom. The molecule has 6 heteroatoms. The Morgan fingerprint density at radius 2 is 0.714 bits per heavy atom. The second kappa shape index (κ2) is 37.7. The maximum absolute atomic E-state index is 12.6. The van der Waals surface area contributed by atoms with Crippen molar-refractivity contribution in [3.05, 3.63) is 0 Å². The van der Waals surface area contributed by atoms with Crippen LogP contribution in [0.15, 0.2) is 0 Å². The molecular weight excluding hydrogens is 612 g/mol. The molecular formula is C43H82O6. The molecule has 0 amide bonds. The van der Waals surface area contributed by atoms with E-state index in [4.69, 9.17) is 14.2 Å². The summed E-state index contributed by atoms with van der Waals surface area (Å²) in [6.45, 7) is 8.93. The molecule has 0 saturated carbocycles. The van der Waals surface area contributed by atoms with E-state index < -0.39 is 6.10 Å². The van der Waals surface area contributed by atoms with E-state index in [2.05, 4.69) is 27.7 Å². The summed E-state index contributed by atoms with van der Waals surface area (Å²) in [5, 5.41) is 0. The molecule has 2 atom stereocenters. The van der Waals surface area contributed by atoms with Crippen molar-refractivity contribution in [1.29, 1.82) is 0 Å². The van der Waals surface area contributed by atoms with Gasteiger partial charge < -0.3 is 14.2 Å². The number of carbonyl (C=O) groups is 3. The van der Waals surface area contributed by atoms with Crippen LogP contribution < -0.4 is 0 Å². The van der Waals surface area contributed by atoms with E-state index in [1.165, 1.54) is 128 Å². The SMILES string of the molecule is CCCCCCCCCCCCCCC(=O)OC[C@H](COC(=O)CCCCCCCCCCC)OC(=O)CCCCCCCCC(C)CC. The Hall–Kier alpha value is -1.59. The summed E-state index contributed by atoms with van der Waals surface area (Å²) >= 11 is 0. The zero-order valence-electron chi connectivity index (χ0n) is 33.1. The van der Waals surface area contributed by atoms with Crippen molar-refractivity contribution in [2.75, 3.05) is 13.2 Å². The van der Waals surface area contributed by atoms with Crippen molar-refractivity contribution in [3.63, 3.8) is 0 Å². The first-order valence-corrected chi connectivity index (χ1v) is 21.4. The summed E-state index contributed by atoms with van der Waals surface area (Å²) in [6, 6.07) is 0. The first-order valence-electron chi connectivity index (χ1n) is 21.4. The van der Waals surface area contributed by atoms with Crippen LogP contribution in [0.3, 0.4) is 0 Å². The Labute approximate surface area is 304 Å². The lowest BCUT2D eigenvalue weighted by molar-refractivity contribution is -0.167. The standard InChI is InChI=1S/C43H82O6/c1-5-8-10-12-14-16-17-18-20-22-27-31-35-42(45)48-38-40(37-47-41(44)34-30-26-21-19-15-13-11-9-6-2)49-43(46)36-32-28-24-23-25-29-33-39(4)7-3/h39-40H,5-38H2,1-4H3/t39?,40-/m0/s1. The molecule has 290 valence electrons. The lowest BCUT2D eigenvalue weighted by Gasteiger charge is -2.18. The summed E-state index contributed by atoms with van der Waals surface area (Å²) in [4.78, 5) is 37.5. The van der Waals surface area contributed by atoms with E-state index in [0.717, 1.165) is 63.7 Å². The molecule has 0 saturated heterocycles. The van der Waals surface area contributed by atoms with Gasteiger partial charge in [-0.25, -0.2) is 0 Å². The highest BCUT2D eigenvalue weighted by molar-refractivity contribution is 5.71. The predicted octanol–water partition coefficient (Wildman–Crippen LogP) is 13.2. The molecule has 49 heavy (non-hydrogen) atoms. The minimum absolute atomic E-state index is 0.0652. The maximum atomic E-state index is 12.6. The Kier molecular flexibility index (Phi) is 36.4. The van der Waals surface area contributed by atoms with Gasteiger partial charge in [0.2, 0.25) is 0 Å². The van der Waals surface area contributed by atoms with Crippen molar-refractivity contribution in [2.45, 2.75) is 239 Å². The lowest BCUT2D eigenvalue weighted by Crippen LogP contribution is -2.30. The van der Waals surface area contributed by atoms with E-state index >= 15 is 0 Å². The van der Waals surface area contributed by atoms with Gasteiger partial charge in [0.05, 0.1) is 0 Å². The number of unbranched alkanes of at least 4 members (excludes halogenated alkanes) is 24. The van der Waals surface area contributed by atoms with Crippen molar-refractivity contribution in [2.24, 2.45) is 5.92 Å². The number of hydrogen-bond acceptors (Lipinski definition) is 6. The van der Waals surface area contributed by atoms with Gasteiger partial charge in [0.15, 0.2) is 6.10 Å². The molecule has 0 aromatic heterocycles. The van der Waals surface area contributed by atoms with Crippen LogP contribution in [0, 0.1) is 5.92 Å². The van der Waals surface area contributed by atoms with Crippen LogP contribution in [0.2, 0.25) is 0 Å². The molecule has 0 aromatic rings. The lowest BCUT2D eigenvalue weighted by atomic mass is 10.00. The third kappa shape index (κ3) is 36.0. The maximum Gasteiger partial charge on any atom is 0.306 e. The van der Waals surface area contributed by atoms with Gasteiger partial charge in [-0.2, -0.15) is 0 Å². The Bertz CT molecular complexity index is 738. The fourth-order valence-corrected chi connectivity index (χ4v) is 6.24. The number of ether oxygens (including phenoxy) is 3. The number of rotatable bonds is 38. The highest BCUT2D eigenvalue weighted by Crippen LogP contribution is 2.16. The van der Waals surface area contributed by atoms with Crippen molar-refractivity contribution < 1.29 is 28.6 Å². The molecule has 1 unspecified atom stereocenters. The van der Waals surface area contributed by atoms with Gasteiger partial charge in [-0.15, -0.1) is 0 Å². The zero-order chi connectivity index (χ0) is 36.0. The summed E-state index contributed by atoms with van der Waals surface area (Å²) < 4.78 is 16.6. The fourth-order valence-electron chi connectivity index (χ4n) is 6.24. The number of esters is 3. The fraction of sp³-hybridized carbons (Fsp3) is 0.930. The quantitative estimate of drug-likeness (QED) is 0.0364. The molecule has 0 bridgehead atoms. The van der Waals surface area contributed by atoms with Crippen LogP contribution in [-0.4, -0.2) is 37.2 Å². The van der Waals surface area contributed by atoms with Crippen LogP contribution >= 0.6 is 0 Å². The molecule has 0 aliphatic carbocycles. The topological polar surface area (TPSA) is 78.9 Å². The first-order chi connectivity index (χ1) is 23.9.